The topological polar surface area (TPSA) is 71.3 Å². The monoisotopic (exact) mass is 408 g/mol. The summed E-state index contributed by atoms with van der Waals surface area (Å²) >= 11 is 0. The lowest BCUT2D eigenvalue weighted by atomic mass is 9.98. The van der Waals surface area contributed by atoms with Crippen LogP contribution in [0.4, 0.5) is 8.78 Å². The number of halogens is 2. The van der Waals surface area contributed by atoms with Crippen LogP contribution < -0.4 is 14.8 Å². The summed E-state index contributed by atoms with van der Waals surface area (Å²) in [4.78, 5) is 12.5. The van der Waals surface area contributed by atoms with Gasteiger partial charge in [-0.1, -0.05) is 42.5 Å². The fourth-order valence-electron chi connectivity index (χ4n) is 2.82. The van der Waals surface area contributed by atoms with E-state index in [9.17, 15) is 13.6 Å². The SMILES string of the molecule is N#Cc1ccc(OCC(=O)N[C@@H](c2ccccc2)c2ccc(OC(F)F)cc2)cc1. The molecule has 0 unspecified atom stereocenters. The van der Waals surface area contributed by atoms with E-state index in [1.54, 1.807) is 36.4 Å². The number of carbonyl (C=O) groups excluding carboxylic acids is 1. The van der Waals surface area contributed by atoms with Crippen LogP contribution in [0.5, 0.6) is 11.5 Å². The number of carbonyl (C=O) groups is 1. The molecular weight excluding hydrogens is 390 g/mol. The molecular formula is C23H18F2N2O3. The molecule has 0 aliphatic carbocycles. The zero-order valence-corrected chi connectivity index (χ0v) is 15.8. The molecule has 0 aliphatic heterocycles. The molecule has 0 heterocycles. The average molecular weight is 408 g/mol. The Morgan fingerprint density at radius 3 is 2.10 bits per heavy atom. The highest BCUT2D eigenvalue weighted by molar-refractivity contribution is 5.78. The van der Waals surface area contributed by atoms with E-state index < -0.39 is 12.7 Å². The molecule has 7 heteroatoms. The zero-order chi connectivity index (χ0) is 21.3. The summed E-state index contributed by atoms with van der Waals surface area (Å²) in [5, 5.41) is 11.7. The van der Waals surface area contributed by atoms with E-state index >= 15 is 0 Å². The number of nitriles is 1. The molecule has 0 spiro atoms. The molecule has 0 bridgehead atoms. The number of benzene rings is 3. The number of rotatable bonds is 8. The van der Waals surface area contributed by atoms with Gasteiger partial charge in [-0.05, 0) is 47.5 Å². The number of hydrogen-bond acceptors (Lipinski definition) is 4. The van der Waals surface area contributed by atoms with E-state index in [1.807, 2.05) is 36.4 Å². The van der Waals surface area contributed by atoms with Crippen molar-refractivity contribution in [2.75, 3.05) is 6.61 Å². The third-order valence-electron chi connectivity index (χ3n) is 4.23. The largest absolute Gasteiger partial charge is 0.484 e. The van der Waals surface area contributed by atoms with Gasteiger partial charge < -0.3 is 14.8 Å². The normalized spacial score (nSPS) is 11.4. The van der Waals surface area contributed by atoms with Gasteiger partial charge >= 0.3 is 6.61 Å². The summed E-state index contributed by atoms with van der Waals surface area (Å²) < 4.78 is 34.6. The first kappa shape index (κ1) is 20.8. The Morgan fingerprint density at radius 2 is 1.50 bits per heavy atom. The van der Waals surface area contributed by atoms with Gasteiger partial charge in [-0.3, -0.25) is 4.79 Å². The minimum absolute atomic E-state index is 0.0380. The highest BCUT2D eigenvalue weighted by Gasteiger charge is 2.17. The molecule has 0 radical (unpaired) electrons. The summed E-state index contributed by atoms with van der Waals surface area (Å²) in [5.74, 6) is 0.145. The van der Waals surface area contributed by atoms with E-state index in [2.05, 4.69) is 10.1 Å². The highest BCUT2D eigenvalue weighted by atomic mass is 19.3. The molecule has 3 aromatic rings. The Morgan fingerprint density at radius 1 is 0.900 bits per heavy atom. The summed E-state index contributed by atoms with van der Waals surface area (Å²) in [6.07, 6.45) is 0. The lowest BCUT2D eigenvalue weighted by Crippen LogP contribution is -2.33. The molecule has 0 aromatic heterocycles. The average Bonchev–Trinajstić information content (AvgIpc) is 2.77. The first-order valence-corrected chi connectivity index (χ1v) is 9.07. The van der Waals surface area contributed by atoms with E-state index in [-0.39, 0.29) is 18.3 Å². The van der Waals surface area contributed by atoms with E-state index in [0.29, 0.717) is 16.9 Å². The van der Waals surface area contributed by atoms with Gasteiger partial charge in [-0.2, -0.15) is 14.0 Å². The molecule has 0 aliphatic rings. The maximum absolute atomic E-state index is 12.5. The molecule has 5 nitrogen and oxygen atoms in total. The van der Waals surface area contributed by atoms with E-state index in [1.165, 1.54) is 12.1 Å². The fourth-order valence-corrected chi connectivity index (χ4v) is 2.82. The zero-order valence-electron chi connectivity index (χ0n) is 15.8. The number of hydrogen-bond donors (Lipinski definition) is 1. The van der Waals surface area contributed by atoms with Crippen LogP contribution in [-0.4, -0.2) is 19.1 Å². The highest BCUT2D eigenvalue weighted by Crippen LogP contribution is 2.25. The molecule has 3 rings (SSSR count). The Kier molecular flexibility index (Phi) is 6.95. The second-order valence-electron chi connectivity index (χ2n) is 6.28. The van der Waals surface area contributed by atoms with Crippen molar-refractivity contribution in [3.8, 4) is 17.6 Å². The number of nitrogens with one attached hydrogen (secondary N) is 1. The predicted octanol–water partition coefficient (Wildman–Crippen LogP) is 4.44. The van der Waals surface area contributed by atoms with Gasteiger partial charge in [0, 0.05) is 0 Å². The van der Waals surface area contributed by atoms with Crippen LogP contribution in [0.2, 0.25) is 0 Å². The summed E-state index contributed by atoms with van der Waals surface area (Å²) in [5.41, 5.74) is 2.02. The Labute approximate surface area is 172 Å². The first-order valence-electron chi connectivity index (χ1n) is 9.07. The minimum Gasteiger partial charge on any atom is -0.484 e. The second-order valence-corrected chi connectivity index (χ2v) is 6.28. The standard InChI is InChI=1S/C23H18F2N2O3/c24-23(25)30-20-12-8-18(9-13-20)22(17-4-2-1-3-5-17)27-21(28)15-29-19-10-6-16(14-26)7-11-19/h1-13,22-23H,15H2,(H,27,28)/t22-/m0/s1. The van der Waals surface area contributed by atoms with Gasteiger partial charge in [0.25, 0.3) is 5.91 Å². The van der Waals surface area contributed by atoms with Crippen LogP contribution >= 0.6 is 0 Å². The Balaban J connectivity index is 1.71. The maximum Gasteiger partial charge on any atom is 0.387 e. The number of alkyl halides is 2. The smallest absolute Gasteiger partial charge is 0.387 e. The molecule has 152 valence electrons. The van der Waals surface area contributed by atoms with E-state index in [0.717, 1.165) is 5.56 Å². The number of nitrogens with zero attached hydrogens (tertiary/aromatic N) is 1. The van der Waals surface area contributed by atoms with Gasteiger partial charge in [-0.25, -0.2) is 0 Å². The first-order chi connectivity index (χ1) is 14.5. The van der Waals surface area contributed by atoms with Crippen LogP contribution in [0.25, 0.3) is 0 Å². The van der Waals surface area contributed by atoms with Crippen LogP contribution in [-0.2, 0) is 4.79 Å². The lowest BCUT2D eigenvalue weighted by molar-refractivity contribution is -0.123. The van der Waals surface area contributed by atoms with Crippen LogP contribution in [0.3, 0.4) is 0 Å². The van der Waals surface area contributed by atoms with Crippen molar-refractivity contribution < 1.29 is 23.0 Å². The van der Waals surface area contributed by atoms with Gasteiger partial charge in [0.2, 0.25) is 0 Å². The fraction of sp³-hybridized carbons (Fsp3) is 0.130. The van der Waals surface area contributed by atoms with Gasteiger partial charge in [0.05, 0.1) is 17.7 Å². The Bertz CT molecular complexity index is 1000. The van der Waals surface area contributed by atoms with Crippen molar-refractivity contribution in [1.82, 2.24) is 5.32 Å². The second kappa shape index (κ2) is 10.0. The maximum atomic E-state index is 12.5. The third-order valence-corrected chi connectivity index (χ3v) is 4.23. The molecule has 0 saturated carbocycles. The lowest BCUT2D eigenvalue weighted by Gasteiger charge is -2.20. The minimum atomic E-state index is -2.90. The molecule has 1 atom stereocenters. The van der Waals surface area contributed by atoms with Crippen LogP contribution in [0.15, 0.2) is 78.9 Å². The Hall–Kier alpha value is -3.92. The van der Waals surface area contributed by atoms with Crippen molar-refractivity contribution in [3.05, 3.63) is 95.6 Å². The quantitative estimate of drug-likeness (QED) is 0.598. The molecule has 1 amide bonds. The summed E-state index contributed by atoms with van der Waals surface area (Å²) in [6.45, 7) is -3.12. The molecule has 0 saturated heterocycles. The van der Waals surface area contributed by atoms with Crippen molar-refractivity contribution in [2.24, 2.45) is 0 Å². The van der Waals surface area contributed by atoms with Crippen molar-refractivity contribution in [1.29, 1.82) is 5.26 Å². The summed E-state index contributed by atoms with van der Waals surface area (Å²) in [6, 6.07) is 23.3. The van der Waals surface area contributed by atoms with Crippen molar-refractivity contribution >= 4 is 5.91 Å². The third kappa shape index (κ3) is 5.79. The van der Waals surface area contributed by atoms with Crippen molar-refractivity contribution in [2.45, 2.75) is 12.7 Å². The number of amides is 1. The number of ether oxygens (including phenoxy) is 2. The van der Waals surface area contributed by atoms with E-state index in [4.69, 9.17) is 10.00 Å². The van der Waals surface area contributed by atoms with Gasteiger partial charge in [-0.15, -0.1) is 0 Å². The molecule has 3 aromatic carbocycles. The van der Waals surface area contributed by atoms with Gasteiger partial charge in [0.15, 0.2) is 6.61 Å². The molecule has 0 fully saturated rings. The summed E-state index contributed by atoms with van der Waals surface area (Å²) in [7, 11) is 0. The van der Waals surface area contributed by atoms with Gasteiger partial charge in [0.1, 0.15) is 11.5 Å². The molecule has 1 N–H and O–H groups in total. The van der Waals surface area contributed by atoms with Crippen LogP contribution in [0, 0.1) is 11.3 Å². The predicted molar refractivity (Wildman–Crippen MR) is 106 cm³/mol. The van der Waals surface area contributed by atoms with Crippen LogP contribution in [0.1, 0.15) is 22.7 Å². The molecule has 30 heavy (non-hydrogen) atoms. The van der Waals surface area contributed by atoms with Crippen molar-refractivity contribution in [3.63, 3.8) is 0 Å².